The number of carbonyl (C=O) groups is 1. The van der Waals surface area contributed by atoms with Gasteiger partial charge in [0.2, 0.25) is 11.8 Å². The smallest absolute Gasteiger partial charge is 0.254 e. The lowest BCUT2D eigenvalue weighted by Crippen LogP contribution is -2.31. The SMILES string of the molecule is Cc1nnc(C2CCCN2C(=O)c2ccc(-n3cncn3)cc2C)o1. The predicted octanol–water partition coefficient (Wildman–Crippen LogP) is 2.24. The Kier molecular flexibility index (Phi) is 3.79. The van der Waals surface area contributed by atoms with E-state index in [1.807, 2.05) is 30.0 Å². The molecule has 1 aliphatic heterocycles. The highest BCUT2D eigenvalue weighted by atomic mass is 16.4. The van der Waals surface area contributed by atoms with Gasteiger partial charge < -0.3 is 9.32 Å². The van der Waals surface area contributed by atoms with E-state index >= 15 is 0 Å². The van der Waals surface area contributed by atoms with Crippen molar-refractivity contribution in [1.29, 1.82) is 0 Å². The number of rotatable bonds is 3. The Bertz CT molecular complexity index is 902. The minimum atomic E-state index is -0.150. The van der Waals surface area contributed by atoms with E-state index in [9.17, 15) is 4.79 Å². The molecule has 0 N–H and O–H groups in total. The number of aromatic nitrogens is 5. The van der Waals surface area contributed by atoms with E-state index in [4.69, 9.17) is 4.42 Å². The van der Waals surface area contributed by atoms with E-state index in [-0.39, 0.29) is 11.9 Å². The number of hydrogen-bond acceptors (Lipinski definition) is 6. The van der Waals surface area contributed by atoms with Crippen molar-refractivity contribution >= 4 is 5.91 Å². The molecule has 1 saturated heterocycles. The average Bonchev–Trinajstić information content (AvgIpc) is 3.35. The molecule has 8 heteroatoms. The molecule has 3 heterocycles. The first kappa shape index (κ1) is 15.5. The molecule has 0 radical (unpaired) electrons. The number of aryl methyl sites for hydroxylation is 2. The number of likely N-dealkylation sites (tertiary alicyclic amines) is 1. The van der Waals surface area contributed by atoms with Crippen molar-refractivity contribution in [2.75, 3.05) is 6.54 Å². The number of benzene rings is 1. The Morgan fingerprint density at radius 3 is 2.84 bits per heavy atom. The molecule has 0 saturated carbocycles. The zero-order valence-corrected chi connectivity index (χ0v) is 14.1. The van der Waals surface area contributed by atoms with Crippen LogP contribution in [0.1, 0.15) is 46.6 Å². The molecule has 8 nitrogen and oxygen atoms in total. The van der Waals surface area contributed by atoms with Gasteiger partial charge in [-0.25, -0.2) is 9.67 Å². The van der Waals surface area contributed by atoms with E-state index in [0.717, 1.165) is 24.1 Å². The summed E-state index contributed by atoms with van der Waals surface area (Å²) in [4.78, 5) is 18.8. The highest BCUT2D eigenvalue weighted by molar-refractivity contribution is 5.96. The van der Waals surface area contributed by atoms with Crippen LogP contribution in [-0.2, 0) is 0 Å². The molecule has 1 atom stereocenters. The van der Waals surface area contributed by atoms with E-state index < -0.39 is 0 Å². The first-order valence-electron chi connectivity index (χ1n) is 8.20. The molecule has 1 aromatic carbocycles. The summed E-state index contributed by atoms with van der Waals surface area (Å²) in [5.41, 5.74) is 2.44. The van der Waals surface area contributed by atoms with E-state index in [1.54, 1.807) is 17.9 Å². The average molecular weight is 338 g/mol. The van der Waals surface area contributed by atoms with Gasteiger partial charge in [0.25, 0.3) is 5.91 Å². The lowest BCUT2D eigenvalue weighted by molar-refractivity contribution is 0.0714. The van der Waals surface area contributed by atoms with Crippen molar-refractivity contribution in [2.24, 2.45) is 0 Å². The third kappa shape index (κ3) is 2.79. The van der Waals surface area contributed by atoms with Gasteiger partial charge in [0.05, 0.1) is 5.69 Å². The summed E-state index contributed by atoms with van der Waals surface area (Å²) in [7, 11) is 0. The summed E-state index contributed by atoms with van der Waals surface area (Å²) in [6.07, 6.45) is 4.87. The van der Waals surface area contributed by atoms with Gasteiger partial charge in [-0.15, -0.1) is 10.2 Å². The molecule has 0 bridgehead atoms. The molecule has 25 heavy (non-hydrogen) atoms. The summed E-state index contributed by atoms with van der Waals surface area (Å²) < 4.78 is 7.22. The van der Waals surface area contributed by atoms with Gasteiger partial charge in [-0.1, -0.05) is 0 Å². The Labute approximate surface area is 144 Å². The van der Waals surface area contributed by atoms with Gasteiger partial charge >= 0.3 is 0 Å². The van der Waals surface area contributed by atoms with E-state index in [0.29, 0.717) is 23.9 Å². The fourth-order valence-corrected chi connectivity index (χ4v) is 3.24. The fraction of sp³-hybridized carbons (Fsp3) is 0.353. The summed E-state index contributed by atoms with van der Waals surface area (Å²) in [5.74, 6) is 1.02. The second kappa shape index (κ2) is 6.12. The van der Waals surface area contributed by atoms with Crippen LogP contribution in [0.5, 0.6) is 0 Å². The van der Waals surface area contributed by atoms with Crippen LogP contribution in [0.4, 0.5) is 0 Å². The van der Waals surface area contributed by atoms with Gasteiger partial charge in [-0.2, -0.15) is 5.10 Å². The number of amides is 1. The summed E-state index contributed by atoms with van der Waals surface area (Å²) in [5, 5.41) is 12.1. The maximum atomic E-state index is 13.1. The maximum absolute atomic E-state index is 13.1. The first-order chi connectivity index (χ1) is 12.1. The van der Waals surface area contributed by atoms with E-state index in [1.165, 1.54) is 6.33 Å². The molecule has 1 aliphatic rings. The quantitative estimate of drug-likeness (QED) is 0.727. The fourth-order valence-electron chi connectivity index (χ4n) is 3.24. The molecule has 1 unspecified atom stereocenters. The Morgan fingerprint density at radius 2 is 2.16 bits per heavy atom. The number of carbonyl (C=O) groups excluding carboxylic acids is 1. The minimum Gasteiger partial charge on any atom is -0.423 e. The van der Waals surface area contributed by atoms with Crippen LogP contribution in [0, 0.1) is 13.8 Å². The van der Waals surface area contributed by atoms with Gasteiger partial charge in [0.15, 0.2) is 0 Å². The zero-order chi connectivity index (χ0) is 17.4. The highest BCUT2D eigenvalue weighted by Gasteiger charge is 2.34. The topological polar surface area (TPSA) is 89.9 Å². The normalized spacial score (nSPS) is 17.2. The van der Waals surface area contributed by atoms with Crippen molar-refractivity contribution in [3.05, 3.63) is 53.8 Å². The lowest BCUT2D eigenvalue weighted by atomic mass is 10.1. The molecular formula is C17H18N6O2. The summed E-state index contributed by atoms with van der Waals surface area (Å²) >= 11 is 0. The predicted molar refractivity (Wildman–Crippen MR) is 88.1 cm³/mol. The molecule has 128 valence electrons. The molecule has 3 aromatic rings. The van der Waals surface area contributed by atoms with Crippen molar-refractivity contribution in [1.82, 2.24) is 29.9 Å². The second-order valence-electron chi connectivity index (χ2n) is 6.16. The van der Waals surface area contributed by atoms with Crippen LogP contribution >= 0.6 is 0 Å². The molecule has 1 fully saturated rings. The maximum Gasteiger partial charge on any atom is 0.254 e. The Morgan fingerprint density at radius 1 is 1.28 bits per heavy atom. The third-order valence-corrected chi connectivity index (χ3v) is 4.46. The van der Waals surface area contributed by atoms with E-state index in [2.05, 4.69) is 20.3 Å². The highest BCUT2D eigenvalue weighted by Crippen LogP contribution is 2.33. The van der Waals surface area contributed by atoms with Crippen LogP contribution in [0.25, 0.3) is 5.69 Å². The van der Waals surface area contributed by atoms with Crippen LogP contribution < -0.4 is 0 Å². The van der Waals surface area contributed by atoms with Crippen molar-refractivity contribution in [3.8, 4) is 5.69 Å². The van der Waals surface area contributed by atoms with Crippen molar-refractivity contribution < 1.29 is 9.21 Å². The first-order valence-corrected chi connectivity index (χ1v) is 8.20. The molecule has 0 aliphatic carbocycles. The molecule has 4 rings (SSSR count). The Hall–Kier alpha value is -3.03. The number of hydrogen-bond donors (Lipinski definition) is 0. The molecule has 2 aromatic heterocycles. The minimum absolute atomic E-state index is 0.0130. The van der Waals surface area contributed by atoms with Crippen LogP contribution in [-0.4, -0.2) is 42.3 Å². The third-order valence-electron chi connectivity index (χ3n) is 4.46. The van der Waals surface area contributed by atoms with Crippen molar-refractivity contribution in [3.63, 3.8) is 0 Å². The van der Waals surface area contributed by atoms with Gasteiger partial charge in [0, 0.05) is 19.0 Å². The van der Waals surface area contributed by atoms with Crippen LogP contribution in [0.15, 0.2) is 35.3 Å². The van der Waals surface area contributed by atoms with Crippen LogP contribution in [0.2, 0.25) is 0 Å². The number of nitrogens with zero attached hydrogens (tertiary/aromatic N) is 6. The van der Waals surface area contributed by atoms with Crippen molar-refractivity contribution in [2.45, 2.75) is 32.7 Å². The zero-order valence-electron chi connectivity index (χ0n) is 14.1. The standard InChI is InChI=1S/C17H18N6O2/c1-11-8-13(23-10-18-9-19-23)5-6-14(11)17(24)22-7-3-4-15(22)16-21-20-12(2)25-16/h5-6,8-10,15H,3-4,7H2,1-2H3. The Balaban J connectivity index is 1.62. The molecule has 0 spiro atoms. The molecule has 1 amide bonds. The second-order valence-corrected chi connectivity index (χ2v) is 6.16. The van der Waals surface area contributed by atoms with Gasteiger partial charge in [-0.05, 0) is 43.5 Å². The lowest BCUT2D eigenvalue weighted by Gasteiger charge is -2.23. The monoisotopic (exact) mass is 338 g/mol. The largest absolute Gasteiger partial charge is 0.423 e. The summed E-state index contributed by atoms with van der Waals surface area (Å²) in [6, 6.07) is 5.49. The molecular weight excluding hydrogens is 320 g/mol. The van der Waals surface area contributed by atoms with Gasteiger partial charge in [-0.3, -0.25) is 4.79 Å². The van der Waals surface area contributed by atoms with Crippen LogP contribution in [0.3, 0.4) is 0 Å². The summed E-state index contributed by atoms with van der Waals surface area (Å²) in [6.45, 7) is 4.37. The van der Waals surface area contributed by atoms with Gasteiger partial charge in [0.1, 0.15) is 18.7 Å².